The van der Waals surface area contributed by atoms with E-state index in [4.69, 9.17) is 4.74 Å². The van der Waals surface area contributed by atoms with Crippen LogP contribution in [0.4, 0.5) is 0 Å². The summed E-state index contributed by atoms with van der Waals surface area (Å²) >= 11 is 0. The Labute approximate surface area is 248 Å². The van der Waals surface area contributed by atoms with Crippen LogP contribution in [0.5, 0.6) is 5.75 Å². The standard InChI is InChI=1S/C40H33NO/c1-38(25-22-29(28-41)23-26-38)32-20-18-30(19-21-32)31-11-10-14-34(27-31)40(33-12-4-3-5-13-33)35-15-6-7-16-36(35)42-37-17-8-9-24-39(37,40)2/h3-23,25,27H,24,26H2,1-2H3/t38?,39-,40?/m1/s1. The normalized spacial score (nSPS) is 25.7. The van der Waals surface area contributed by atoms with Gasteiger partial charge >= 0.3 is 0 Å². The van der Waals surface area contributed by atoms with E-state index < -0.39 is 5.41 Å². The molecule has 1 aliphatic heterocycles. The van der Waals surface area contributed by atoms with Gasteiger partial charge in [-0.3, -0.25) is 0 Å². The number of nitriles is 1. The lowest BCUT2D eigenvalue weighted by Crippen LogP contribution is -2.51. The maximum absolute atomic E-state index is 9.25. The fraction of sp³-hybridized carbons (Fsp3) is 0.175. The Morgan fingerprint density at radius 2 is 1.50 bits per heavy atom. The molecule has 42 heavy (non-hydrogen) atoms. The summed E-state index contributed by atoms with van der Waals surface area (Å²) in [6.45, 7) is 4.59. The monoisotopic (exact) mass is 543 g/mol. The maximum Gasteiger partial charge on any atom is 0.131 e. The Morgan fingerprint density at radius 1 is 0.738 bits per heavy atom. The van der Waals surface area contributed by atoms with Crippen LogP contribution in [0.1, 0.15) is 48.9 Å². The van der Waals surface area contributed by atoms with Crippen LogP contribution >= 0.6 is 0 Å². The first-order chi connectivity index (χ1) is 20.5. The molecule has 7 rings (SSSR count). The van der Waals surface area contributed by atoms with Crippen molar-refractivity contribution in [1.82, 2.24) is 0 Å². The predicted molar refractivity (Wildman–Crippen MR) is 170 cm³/mol. The van der Waals surface area contributed by atoms with Crippen LogP contribution in [-0.4, -0.2) is 0 Å². The molecule has 0 fully saturated rings. The Bertz CT molecular complexity index is 1830. The Hall–Kier alpha value is -4.87. The second-order valence-corrected chi connectivity index (χ2v) is 12.1. The van der Waals surface area contributed by atoms with Crippen molar-refractivity contribution in [3.05, 3.63) is 173 Å². The van der Waals surface area contributed by atoms with Crippen molar-refractivity contribution in [3.8, 4) is 22.9 Å². The van der Waals surface area contributed by atoms with E-state index in [1.54, 1.807) is 0 Å². The average molecular weight is 544 g/mol. The van der Waals surface area contributed by atoms with E-state index >= 15 is 0 Å². The van der Waals surface area contributed by atoms with Crippen molar-refractivity contribution in [2.24, 2.45) is 5.41 Å². The molecule has 0 aromatic heterocycles. The highest BCUT2D eigenvalue weighted by Crippen LogP contribution is 2.63. The molecule has 0 spiro atoms. The summed E-state index contributed by atoms with van der Waals surface area (Å²) < 4.78 is 6.63. The maximum atomic E-state index is 9.25. The summed E-state index contributed by atoms with van der Waals surface area (Å²) in [6, 6.07) is 39.8. The SMILES string of the molecule is CC1(c2ccc(-c3cccc(C4(c5ccccc5)c5ccccc5OC5=CC=CC[C@]54C)c3)cc2)C=CC(C#N)=CC1. The molecular weight excluding hydrogens is 510 g/mol. The molecule has 3 atom stereocenters. The number of nitrogens with zero attached hydrogens (tertiary/aromatic N) is 1. The molecule has 4 aromatic carbocycles. The van der Waals surface area contributed by atoms with Gasteiger partial charge in [-0.25, -0.2) is 0 Å². The number of benzene rings is 4. The summed E-state index contributed by atoms with van der Waals surface area (Å²) in [6.07, 6.45) is 14.4. The summed E-state index contributed by atoms with van der Waals surface area (Å²) in [4.78, 5) is 0. The van der Waals surface area contributed by atoms with E-state index in [1.165, 1.54) is 33.4 Å². The zero-order chi connectivity index (χ0) is 28.8. The Kier molecular flexibility index (Phi) is 6.14. The van der Waals surface area contributed by atoms with Crippen molar-refractivity contribution in [2.45, 2.75) is 37.5 Å². The van der Waals surface area contributed by atoms with Gasteiger partial charge in [-0.1, -0.05) is 129 Å². The minimum atomic E-state index is -0.458. The van der Waals surface area contributed by atoms with Crippen molar-refractivity contribution in [3.63, 3.8) is 0 Å². The molecule has 1 heterocycles. The predicted octanol–water partition coefficient (Wildman–Crippen LogP) is 9.60. The molecule has 4 aromatic rings. The van der Waals surface area contributed by atoms with Gasteiger partial charge in [0.05, 0.1) is 11.5 Å². The molecule has 0 N–H and O–H groups in total. The lowest BCUT2D eigenvalue weighted by Gasteiger charge is -2.54. The van der Waals surface area contributed by atoms with Crippen molar-refractivity contribution in [2.75, 3.05) is 0 Å². The highest BCUT2D eigenvalue weighted by Gasteiger charge is 2.58. The molecule has 2 nitrogen and oxygen atoms in total. The van der Waals surface area contributed by atoms with E-state index in [-0.39, 0.29) is 10.8 Å². The van der Waals surface area contributed by atoms with Crippen LogP contribution in [0.3, 0.4) is 0 Å². The second-order valence-electron chi connectivity index (χ2n) is 12.1. The molecule has 0 bridgehead atoms. The number of para-hydroxylation sites is 1. The minimum Gasteiger partial charge on any atom is -0.461 e. The van der Waals surface area contributed by atoms with Crippen LogP contribution < -0.4 is 4.74 Å². The van der Waals surface area contributed by atoms with Gasteiger partial charge < -0.3 is 4.74 Å². The summed E-state index contributed by atoms with van der Waals surface area (Å²) in [7, 11) is 0. The fourth-order valence-corrected chi connectivity index (χ4v) is 7.32. The highest BCUT2D eigenvalue weighted by atomic mass is 16.5. The highest BCUT2D eigenvalue weighted by molar-refractivity contribution is 5.69. The summed E-state index contributed by atoms with van der Waals surface area (Å²) in [5, 5.41) is 9.25. The van der Waals surface area contributed by atoms with Crippen LogP contribution in [0.2, 0.25) is 0 Å². The number of rotatable bonds is 4. The van der Waals surface area contributed by atoms with Crippen molar-refractivity contribution >= 4 is 0 Å². The lowest BCUT2D eigenvalue weighted by atomic mass is 9.50. The van der Waals surface area contributed by atoms with E-state index in [0.29, 0.717) is 0 Å². The molecule has 204 valence electrons. The lowest BCUT2D eigenvalue weighted by molar-refractivity contribution is 0.150. The summed E-state index contributed by atoms with van der Waals surface area (Å²) in [5.74, 6) is 1.92. The zero-order valence-corrected chi connectivity index (χ0v) is 24.0. The van der Waals surface area contributed by atoms with E-state index in [2.05, 4.69) is 147 Å². The van der Waals surface area contributed by atoms with Gasteiger partial charge in [0.1, 0.15) is 11.5 Å². The van der Waals surface area contributed by atoms with E-state index in [1.807, 2.05) is 12.2 Å². The third-order valence-corrected chi connectivity index (χ3v) is 9.68. The Balaban J connectivity index is 1.38. The first kappa shape index (κ1) is 26.1. The zero-order valence-electron chi connectivity index (χ0n) is 24.0. The van der Waals surface area contributed by atoms with Gasteiger partial charge in [-0.2, -0.15) is 5.26 Å². The van der Waals surface area contributed by atoms with Crippen LogP contribution in [0.25, 0.3) is 11.1 Å². The first-order valence-electron chi connectivity index (χ1n) is 14.7. The van der Waals surface area contributed by atoms with Crippen LogP contribution in [0.15, 0.2) is 151 Å². The summed E-state index contributed by atoms with van der Waals surface area (Å²) in [5.41, 5.74) is 7.18. The van der Waals surface area contributed by atoms with E-state index in [0.717, 1.165) is 29.9 Å². The number of allylic oxidation sites excluding steroid dienone is 8. The van der Waals surface area contributed by atoms with Crippen molar-refractivity contribution < 1.29 is 4.74 Å². The molecule has 2 heteroatoms. The third kappa shape index (κ3) is 3.85. The smallest absolute Gasteiger partial charge is 0.131 e. The number of hydrogen-bond acceptors (Lipinski definition) is 2. The largest absolute Gasteiger partial charge is 0.461 e. The number of ether oxygens (including phenoxy) is 1. The van der Waals surface area contributed by atoms with E-state index in [9.17, 15) is 5.26 Å². The number of fused-ring (bicyclic) bond motifs is 2. The van der Waals surface area contributed by atoms with Gasteiger partial charge in [-0.15, -0.1) is 0 Å². The average Bonchev–Trinajstić information content (AvgIpc) is 3.04. The van der Waals surface area contributed by atoms with Gasteiger partial charge in [0.25, 0.3) is 0 Å². The van der Waals surface area contributed by atoms with Crippen molar-refractivity contribution in [1.29, 1.82) is 5.26 Å². The first-order valence-corrected chi connectivity index (χ1v) is 14.7. The van der Waals surface area contributed by atoms with Gasteiger partial charge in [0, 0.05) is 22.0 Å². The molecule has 3 aliphatic rings. The number of hydrogen-bond donors (Lipinski definition) is 0. The molecule has 0 saturated heterocycles. The van der Waals surface area contributed by atoms with Crippen LogP contribution in [-0.2, 0) is 10.8 Å². The van der Waals surface area contributed by atoms with Crippen LogP contribution in [0, 0.1) is 16.7 Å². The topological polar surface area (TPSA) is 33.0 Å². The molecule has 0 radical (unpaired) electrons. The minimum absolute atomic E-state index is 0.115. The second kappa shape index (κ2) is 9.89. The third-order valence-electron chi connectivity index (χ3n) is 9.68. The van der Waals surface area contributed by atoms with Gasteiger partial charge in [0.2, 0.25) is 0 Å². The van der Waals surface area contributed by atoms with Gasteiger partial charge in [0.15, 0.2) is 0 Å². The quantitative estimate of drug-likeness (QED) is 0.257. The fourth-order valence-electron chi connectivity index (χ4n) is 7.32. The Morgan fingerprint density at radius 3 is 2.26 bits per heavy atom. The molecule has 0 saturated carbocycles. The molecule has 0 amide bonds. The molecule has 2 unspecified atom stereocenters. The van der Waals surface area contributed by atoms with Gasteiger partial charge in [-0.05, 0) is 64.9 Å². The molecular formula is C40H33NO. The molecule has 2 aliphatic carbocycles.